The third kappa shape index (κ3) is 4.57. The molecule has 0 fully saturated rings. The minimum Gasteiger partial charge on any atom is -0.324 e. The van der Waals surface area contributed by atoms with E-state index in [1.54, 1.807) is 42.6 Å². The van der Waals surface area contributed by atoms with Gasteiger partial charge >= 0.3 is 0 Å². The average Bonchev–Trinajstić information content (AvgIpc) is 2.72. The van der Waals surface area contributed by atoms with Gasteiger partial charge in [0.15, 0.2) is 19.7 Å². The van der Waals surface area contributed by atoms with Gasteiger partial charge in [-0.15, -0.1) is 0 Å². The van der Waals surface area contributed by atoms with Crippen molar-refractivity contribution in [2.45, 2.75) is 9.79 Å². The second-order valence-electron chi connectivity index (χ2n) is 7.16. The third-order valence-electron chi connectivity index (χ3n) is 4.74. The fourth-order valence-corrected chi connectivity index (χ4v) is 4.41. The molecule has 0 saturated carbocycles. The van der Waals surface area contributed by atoms with Gasteiger partial charge < -0.3 is 5.32 Å². The van der Waals surface area contributed by atoms with Crippen LogP contribution in [0, 0.1) is 0 Å². The first-order valence-electron chi connectivity index (χ1n) is 9.25. The van der Waals surface area contributed by atoms with Crippen LogP contribution < -0.4 is 5.32 Å². The molecule has 0 aliphatic heterocycles. The van der Waals surface area contributed by atoms with E-state index in [4.69, 9.17) is 0 Å². The van der Waals surface area contributed by atoms with E-state index in [-0.39, 0.29) is 9.79 Å². The zero-order valence-corrected chi connectivity index (χ0v) is 18.4. The number of anilines is 2. The van der Waals surface area contributed by atoms with Crippen LogP contribution in [-0.2, 0) is 19.7 Å². The highest BCUT2D eigenvalue weighted by atomic mass is 32.2. The van der Waals surface area contributed by atoms with Gasteiger partial charge in [-0.2, -0.15) is 0 Å². The summed E-state index contributed by atoms with van der Waals surface area (Å²) in [6.07, 6.45) is 4.03. The van der Waals surface area contributed by atoms with Crippen molar-refractivity contribution in [3.63, 3.8) is 0 Å². The highest BCUT2D eigenvalue weighted by Gasteiger charge is 2.11. The van der Waals surface area contributed by atoms with E-state index in [9.17, 15) is 16.8 Å². The first kappa shape index (κ1) is 21.0. The Morgan fingerprint density at radius 1 is 0.742 bits per heavy atom. The highest BCUT2D eigenvalue weighted by Crippen LogP contribution is 2.29. The molecule has 7 nitrogen and oxygen atoms in total. The van der Waals surface area contributed by atoms with Crippen molar-refractivity contribution >= 4 is 42.2 Å². The summed E-state index contributed by atoms with van der Waals surface area (Å²) in [5.74, 6) is 0.361. The van der Waals surface area contributed by atoms with Crippen molar-refractivity contribution in [3.05, 3.63) is 72.9 Å². The lowest BCUT2D eigenvalue weighted by atomic mass is 10.0. The maximum atomic E-state index is 11.7. The molecule has 0 unspecified atom stereocenters. The van der Waals surface area contributed by atoms with Crippen LogP contribution in [-0.4, -0.2) is 39.3 Å². The molecule has 0 saturated heterocycles. The Morgan fingerprint density at radius 3 is 1.90 bits per heavy atom. The molecule has 31 heavy (non-hydrogen) atoms. The summed E-state index contributed by atoms with van der Waals surface area (Å²) in [6.45, 7) is 0. The molecule has 0 spiro atoms. The fourth-order valence-electron chi connectivity index (χ4n) is 3.15. The molecule has 0 bridgehead atoms. The number of hydrogen-bond acceptors (Lipinski definition) is 7. The lowest BCUT2D eigenvalue weighted by Gasteiger charge is -2.10. The number of benzene rings is 3. The van der Waals surface area contributed by atoms with Gasteiger partial charge in [0.2, 0.25) is 5.95 Å². The van der Waals surface area contributed by atoms with Gasteiger partial charge in [-0.05, 0) is 42.0 Å². The van der Waals surface area contributed by atoms with E-state index in [0.717, 1.165) is 22.8 Å². The Labute approximate surface area is 180 Å². The number of rotatable bonds is 5. The van der Waals surface area contributed by atoms with Crippen LogP contribution in [0.2, 0.25) is 0 Å². The molecule has 1 heterocycles. The van der Waals surface area contributed by atoms with Gasteiger partial charge in [0.1, 0.15) is 0 Å². The van der Waals surface area contributed by atoms with Gasteiger partial charge in [0.05, 0.1) is 15.3 Å². The summed E-state index contributed by atoms with van der Waals surface area (Å²) >= 11 is 0. The lowest BCUT2D eigenvalue weighted by molar-refractivity contribution is 0.600. The average molecular weight is 454 g/mol. The minimum absolute atomic E-state index is 0.234. The van der Waals surface area contributed by atoms with Gasteiger partial charge in [-0.25, -0.2) is 26.8 Å². The van der Waals surface area contributed by atoms with Crippen LogP contribution in [0.3, 0.4) is 0 Å². The maximum absolute atomic E-state index is 11.7. The summed E-state index contributed by atoms with van der Waals surface area (Å²) in [5.41, 5.74) is 3.04. The molecule has 0 amide bonds. The number of sulfone groups is 2. The molecule has 0 radical (unpaired) electrons. The Kier molecular flexibility index (Phi) is 5.24. The second-order valence-corrected chi connectivity index (χ2v) is 11.2. The predicted molar refractivity (Wildman–Crippen MR) is 121 cm³/mol. The van der Waals surface area contributed by atoms with Crippen molar-refractivity contribution in [1.29, 1.82) is 0 Å². The Bertz CT molecular complexity index is 1480. The molecule has 1 aromatic heterocycles. The fraction of sp³-hybridized carbons (Fsp3) is 0.0909. The smallest absolute Gasteiger partial charge is 0.227 e. The molecule has 9 heteroatoms. The van der Waals surface area contributed by atoms with Gasteiger partial charge in [-0.3, -0.25) is 0 Å². The van der Waals surface area contributed by atoms with E-state index in [2.05, 4.69) is 15.3 Å². The Morgan fingerprint density at radius 2 is 1.32 bits per heavy atom. The minimum atomic E-state index is -3.27. The molecule has 1 N–H and O–H groups in total. The molecular formula is C22H19N3O4S2. The van der Waals surface area contributed by atoms with E-state index in [1.807, 2.05) is 18.2 Å². The molecule has 4 aromatic rings. The van der Waals surface area contributed by atoms with Crippen molar-refractivity contribution in [1.82, 2.24) is 9.97 Å². The number of fused-ring (bicyclic) bond motifs is 1. The van der Waals surface area contributed by atoms with Crippen molar-refractivity contribution in [2.24, 2.45) is 0 Å². The monoisotopic (exact) mass is 453 g/mol. The number of hydrogen-bond donors (Lipinski definition) is 1. The SMILES string of the molecule is CS(=O)(=O)c1ccc(Nc2ncc3cccc(-c4ccc(S(C)(=O)=O)cc4)c3n2)cc1. The Balaban J connectivity index is 1.70. The molecule has 0 aliphatic carbocycles. The summed E-state index contributed by atoms with van der Waals surface area (Å²) in [5, 5.41) is 3.92. The van der Waals surface area contributed by atoms with Crippen molar-refractivity contribution in [3.8, 4) is 11.1 Å². The van der Waals surface area contributed by atoms with Crippen LogP contribution in [0.4, 0.5) is 11.6 Å². The van der Waals surface area contributed by atoms with E-state index in [0.29, 0.717) is 17.2 Å². The van der Waals surface area contributed by atoms with Crippen molar-refractivity contribution in [2.75, 3.05) is 17.8 Å². The van der Waals surface area contributed by atoms with Gasteiger partial charge in [-0.1, -0.05) is 30.3 Å². The van der Waals surface area contributed by atoms with E-state index < -0.39 is 19.7 Å². The topological polar surface area (TPSA) is 106 Å². The quantitative estimate of drug-likeness (QED) is 0.489. The first-order chi connectivity index (χ1) is 14.6. The zero-order chi connectivity index (χ0) is 22.2. The van der Waals surface area contributed by atoms with Crippen LogP contribution in [0.1, 0.15) is 0 Å². The van der Waals surface area contributed by atoms with Crippen molar-refractivity contribution < 1.29 is 16.8 Å². The maximum Gasteiger partial charge on any atom is 0.227 e. The van der Waals surface area contributed by atoms with Gasteiger partial charge in [0.25, 0.3) is 0 Å². The van der Waals surface area contributed by atoms with E-state index >= 15 is 0 Å². The predicted octanol–water partition coefficient (Wildman–Crippen LogP) is 3.85. The largest absolute Gasteiger partial charge is 0.324 e. The summed E-state index contributed by atoms with van der Waals surface area (Å²) in [6, 6.07) is 18.7. The van der Waals surface area contributed by atoms with E-state index in [1.165, 1.54) is 18.4 Å². The number of nitrogens with zero attached hydrogens (tertiary/aromatic N) is 2. The van der Waals surface area contributed by atoms with Crippen LogP contribution in [0.5, 0.6) is 0 Å². The third-order valence-corrected chi connectivity index (χ3v) is 7.00. The molecule has 0 atom stereocenters. The molecule has 3 aromatic carbocycles. The first-order valence-corrected chi connectivity index (χ1v) is 13.0. The molecule has 0 aliphatic rings. The van der Waals surface area contributed by atoms with Gasteiger partial charge in [0, 0.05) is 35.3 Å². The Hall–Kier alpha value is -3.30. The van der Waals surface area contributed by atoms with Crippen LogP contribution >= 0.6 is 0 Å². The number of aromatic nitrogens is 2. The van der Waals surface area contributed by atoms with Crippen LogP contribution in [0.15, 0.2) is 82.7 Å². The summed E-state index contributed by atoms with van der Waals surface area (Å²) < 4.78 is 46.7. The molecular weight excluding hydrogens is 434 g/mol. The lowest BCUT2D eigenvalue weighted by Crippen LogP contribution is -2.00. The standard InChI is InChI=1S/C22H19N3O4S2/c1-30(26,27)18-10-6-15(7-11-18)20-5-3-4-16-14-23-22(25-21(16)20)24-17-8-12-19(13-9-17)31(2,28)29/h3-14H,1-2H3,(H,23,24,25). The molecule has 4 rings (SSSR count). The second kappa shape index (κ2) is 7.75. The molecule has 158 valence electrons. The summed E-state index contributed by atoms with van der Waals surface area (Å²) in [7, 11) is -6.54. The highest BCUT2D eigenvalue weighted by molar-refractivity contribution is 7.91. The normalized spacial score (nSPS) is 12.1. The summed E-state index contributed by atoms with van der Waals surface area (Å²) in [4.78, 5) is 9.45. The number of nitrogens with one attached hydrogen (secondary N) is 1. The van der Waals surface area contributed by atoms with Crippen LogP contribution in [0.25, 0.3) is 22.0 Å². The zero-order valence-electron chi connectivity index (χ0n) is 16.8. The number of para-hydroxylation sites is 1.